The standard InChI is InChI=1S/C17H31N3/c1-5-16-15(12-18-7-3)17(6-2)20(19-16)14-10-8-9-13(4)11-14/h13-14,18H,5-12H2,1-4H3. The molecule has 0 aromatic carbocycles. The van der Waals surface area contributed by atoms with Gasteiger partial charge in [0.15, 0.2) is 0 Å². The molecule has 1 saturated carbocycles. The molecular formula is C17H31N3. The Balaban J connectivity index is 2.29. The highest BCUT2D eigenvalue weighted by molar-refractivity contribution is 5.27. The van der Waals surface area contributed by atoms with Crippen LogP contribution in [0.4, 0.5) is 0 Å². The van der Waals surface area contributed by atoms with Gasteiger partial charge in [-0.05, 0) is 38.1 Å². The predicted octanol–water partition coefficient (Wildman–Crippen LogP) is 3.87. The maximum absolute atomic E-state index is 4.99. The van der Waals surface area contributed by atoms with E-state index in [4.69, 9.17) is 5.10 Å². The molecule has 20 heavy (non-hydrogen) atoms. The summed E-state index contributed by atoms with van der Waals surface area (Å²) in [5, 5.41) is 8.47. The van der Waals surface area contributed by atoms with Gasteiger partial charge in [-0.25, -0.2) is 0 Å². The Bertz CT molecular complexity index is 422. The number of aromatic nitrogens is 2. The van der Waals surface area contributed by atoms with E-state index in [9.17, 15) is 0 Å². The van der Waals surface area contributed by atoms with Gasteiger partial charge in [0.05, 0.1) is 11.7 Å². The molecule has 0 saturated heterocycles. The molecule has 1 fully saturated rings. The van der Waals surface area contributed by atoms with Gasteiger partial charge in [-0.1, -0.05) is 40.5 Å². The van der Waals surface area contributed by atoms with Crippen LogP contribution < -0.4 is 5.32 Å². The number of aryl methyl sites for hydroxylation is 1. The minimum atomic E-state index is 0.634. The average molecular weight is 277 g/mol. The lowest BCUT2D eigenvalue weighted by atomic mass is 9.87. The number of hydrogen-bond donors (Lipinski definition) is 1. The third-order valence-electron chi connectivity index (χ3n) is 4.68. The Morgan fingerprint density at radius 3 is 2.60 bits per heavy atom. The summed E-state index contributed by atoms with van der Waals surface area (Å²) < 4.78 is 2.39. The van der Waals surface area contributed by atoms with Gasteiger partial charge < -0.3 is 5.32 Å². The SMILES string of the molecule is CCNCc1c(CC)nn(C2CCCC(C)C2)c1CC. The molecular weight excluding hydrogens is 246 g/mol. The summed E-state index contributed by atoms with van der Waals surface area (Å²) in [4.78, 5) is 0. The van der Waals surface area contributed by atoms with Crippen molar-refractivity contribution in [3.8, 4) is 0 Å². The zero-order valence-corrected chi connectivity index (χ0v) is 13.7. The van der Waals surface area contributed by atoms with E-state index >= 15 is 0 Å². The van der Waals surface area contributed by atoms with Crippen molar-refractivity contribution in [2.75, 3.05) is 6.54 Å². The van der Waals surface area contributed by atoms with Crippen molar-refractivity contribution in [3.05, 3.63) is 17.0 Å². The maximum Gasteiger partial charge on any atom is 0.0669 e. The molecule has 0 aliphatic heterocycles. The Labute approximate surface area is 124 Å². The zero-order chi connectivity index (χ0) is 14.5. The van der Waals surface area contributed by atoms with Gasteiger partial charge in [-0.15, -0.1) is 0 Å². The smallest absolute Gasteiger partial charge is 0.0669 e. The summed E-state index contributed by atoms with van der Waals surface area (Å²) in [6.07, 6.45) is 7.51. The molecule has 1 aliphatic rings. The molecule has 0 bridgehead atoms. The molecule has 3 heteroatoms. The molecule has 0 radical (unpaired) electrons. The van der Waals surface area contributed by atoms with Crippen molar-refractivity contribution in [2.45, 2.75) is 78.8 Å². The molecule has 1 heterocycles. The van der Waals surface area contributed by atoms with Crippen LogP contribution in [0.15, 0.2) is 0 Å². The molecule has 2 rings (SSSR count). The fourth-order valence-corrected chi connectivity index (χ4v) is 3.60. The van der Waals surface area contributed by atoms with Crippen LogP contribution in [-0.2, 0) is 19.4 Å². The van der Waals surface area contributed by atoms with Crippen molar-refractivity contribution < 1.29 is 0 Å². The lowest BCUT2D eigenvalue weighted by Crippen LogP contribution is -2.21. The summed E-state index contributed by atoms with van der Waals surface area (Å²) in [6, 6.07) is 0.634. The third kappa shape index (κ3) is 3.25. The number of rotatable bonds is 6. The van der Waals surface area contributed by atoms with Gasteiger partial charge in [0, 0.05) is 17.8 Å². The fourth-order valence-electron chi connectivity index (χ4n) is 3.60. The molecule has 1 aromatic heterocycles. The number of hydrogen-bond acceptors (Lipinski definition) is 2. The van der Waals surface area contributed by atoms with Crippen molar-refractivity contribution in [3.63, 3.8) is 0 Å². The Morgan fingerprint density at radius 1 is 1.20 bits per heavy atom. The van der Waals surface area contributed by atoms with E-state index in [2.05, 4.69) is 37.7 Å². The first-order chi connectivity index (χ1) is 9.71. The zero-order valence-electron chi connectivity index (χ0n) is 13.7. The van der Waals surface area contributed by atoms with Gasteiger partial charge in [-0.2, -0.15) is 5.10 Å². The average Bonchev–Trinajstić information content (AvgIpc) is 2.82. The summed E-state index contributed by atoms with van der Waals surface area (Å²) in [5.41, 5.74) is 4.25. The number of nitrogens with one attached hydrogen (secondary N) is 1. The second-order valence-corrected chi connectivity index (χ2v) is 6.23. The Hall–Kier alpha value is -0.830. The van der Waals surface area contributed by atoms with E-state index < -0.39 is 0 Å². The van der Waals surface area contributed by atoms with Crippen LogP contribution in [0, 0.1) is 5.92 Å². The topological polar surface area (TPSA) is 29.9 Å². The quantitative estimate of drug-likeness (QED) is 0.855. The van der Waals surface area contributed by atoms with Crippen molar-refractivity contribution >= 4 is 0 Å². The second kappa shape index (κ2) is 7.26. The molecule has 0 amide bonds. The van der Waals surface area contributed by atoms with Crippen LogP contribution in [0.1, 0.15) is 76.4 Å². The first kappa shape index (κ1) is 15.6. The number of nitrogens with zero attached hydrogens (tertiary/aromatic N) is 2. The lowest BCUT2D eigenvalue weighted by molar-refractivity contribution is 0.261. The molecule has 0 spiro atoms. The van der Waals surface area contributed by atoms with Gasteiger partial charge in [0.1, 0.15) is 0 Å². The lowest BCUT2D eigenvalue weighted by Gasteiger charge is -2.28. The molecule has 3 nitrogen and oxygen atoms in total. The van der Waals surface area contributed by atoms with Crippen molar-refractivity contribution in [1.29, 1.82) is 0 Å². The maximum atomic E-state index is 4.99. The highest BCUT2D eigenvalue weighted by atomic mass is 15.3. The largest absolute Gasteiger partial charge is 0.313 e. The van der Waals surface area contributed by atoms with Crippen LogP contribution in [-0.4, -0.2) is 16.3 Å². The highest BCUT2D eigenvalue weighted by Crippen LogP contribution is 2.34. The second-order valence-electron chi connectivity index (χ2n) is 6.23. The fraction of sp³-hybridized carbons (Fsp3) is 0.824. The van der Waals surface area contributed by atoms with Crippen molar-refractivity contribution in [2.24, 2.45) is 5.92 Å². The minimum absolute atomic E-state index is 0.634. The van der Waals surface area contributed by atoms with Crippen LogP contribution in [0.3, 0.4) is 0 Å². The molecule has 1 N–H and O–H groups in total. The first-order valence-corrected chi connectivity index (χ1v) is 8.50. The molecule has 1 aromatic rings. The summed E-state index contributed by atoms with van der Waals surface area (Å²) in [7, 11) is 0. The van der Waals surface area contributed by atoms with E-state index in [1.54, 1.807) is 0 Å². The Kier molecular flexibility index (Phi) is 5.64. The molecule has 1 aliphatic carbocycles. The first-order valence-electron chi connectivity index (χ1n) is 8.50. The molecule has 2 atom stereocenters. The van der Waals surface area contributed by atoms with Gasteiger partial charge in [0.25, 0.3) is 0 Å². The van der Waals surface area contributed by atoms with Gasteiger partial charge in [0.2, 0.25) is 0 Å². The van der Waals surface area contributed by atoms with Gasteiger partial charge >= 0.3 is 0 Å². The summed E-state index contributed by atoms with van der Waals surface area (Å²) in [5.74, 6) is 0.852. The monoisotopic (exact) mass is 277 g/mol. The van der Waals surface area contributed by atoms with Crippen molar-refractivity contribution in [1.82, 2.24) is 15.1 Å². The molecule has 2 unspecified atom stereocenters. The van der Waals surface area contributed by atoms with Crippen LogP contribution in [0.25, 0.3) is 0 Å². The van der Waals surface area contributed by atoms with E-state index in [0.29, 0.717) is 6.04 Å². The normalized spacial score (nSPS) is 23.2. The molecule has 114 valence electrons. The van der Waals surface area contributed by atoms with E-state index in [1.165, 1.54) is 42.6 Å². The highest BCUT2D eigenvalue weighted by Gasteiger charge is 2.25. The Morgan fingerprint density at radius 2 is 2.00 bits per heavy atom. The predicted molar refractivity (Wildman–Crippen MR) is 85.0 cm³/mol. The summed E-state index contributed by atoms with van der Waals surface area (Å²) in [6.45, 7) is 11.1. The third-order valence-corrected chi connectivity index (χ3v) is 4.68. The summed E-state index contributed by atoms with van der Waals surface area (Å²) >= 11 is 0. The van der Waals surface area contributed by atoms with E-state index in [1.807, 2.05) is 0 Å². The van der Waals surface area contributed by atoms with Crippen LogP contribution in [0.2, 0.25) is 0 Å². The van der Waals surface area contributed by atoms with E-state index in [-0.39, 0.29) is 0 Å². The van der Waals surface area contributed by atoms with Crippen LogP contribution >= 0.6 is 0 Å². The van der Waals surface area contributed by atoms with Crippen LogP contribution in [0.5, 0.6) is 0 Å². The van der Waals surface area contributed by atoms with Gasteiger partial charge in [-0.3, -0.25) is 4.68 Å². The minimum Gasteiger partial charge on any atom is -0.313 e. The van der Waals surface area contributed by atoms with E-state index in [0.717, 1.165) is 31.8 Å².